The summed E-state index contributed by atoms with van der Waals surface area (Å²) in [7, 11) is 3.48. The fraction of sp³-hybridized carbons (Fsp3) is 0.850. The van der Waals surface area contributed by atoms with Crippen molar-refractivity contribution in [2.45, 2.75) is 167 Å². The van der Waals surface area contributed by atoms with Gasteiger partial charge in [-0.05, 0) is 61.4 Å². The van der Waals surface area contributed by atoms with Crippen molar-refractivity contribution in [3.05, 3.63) is 23.3 Å². The van der Waals surface area contributed by atoms with E-state index in [9.17, 15) is 0 Å². The zero-order chi connectivity index (χ0) is 32.0. The van der Waals surface area contributed by atoms with E-state index in [-0.39, 0.29) is 0 Å². The van der Waals surface area contributed by atoms with Gasteiger partial charge in [-0.3, -0.25) is 4.90 Å². The van der Waals surface area contributed by atoms with Crippen molar-refractivity contribution >= 4 is 0 Å². The van der Waals surface area contributed by atoms with Crippen molar-refractivity contribution in [2.24, 2.45) is 5.92 Å². The number of piperidine rings is 1. The lowest BCUT2D eigenvalue weighted by atomic mass is 9.80. The Morgan fingerprint density at radius 2 is 1.24 bits per heavy atom. The minimum Gasteiger partial charge on any atom is -0.493 e. The first kappa shape index (κ1) is 38.2. The molecule has 2 aliphatic heterocycles. The van der Waals surface area contributed by atoms with Gasteiger partial charge in [0.2, 0.25) is 0 Å². The maximum atomic E-state index is 6.68. The Kier molecular flexibility index (Phi) is 20.3. The minimum atomic E-state index is 0.333. The van der Waals surface area contributed by atoms with Crippen LogP contribution in [0.15, 0.2) is 12.1 Å². The number of benzene rings is 1. The van der Waals surface area contributed by atoms with Crippen LogP contribution in [-0.2, 0) is 11.2 Å². The third-order valence-electron chi connectivity index (χ3n) is 10.6. The molecule has 1 saturated heterocycles. The Balaban J connectivity index is 1.26. The van der Waals surface area contributed by atoms with Gasteiger partial charge in [0.05, 0.1) is 26.9 Å². The first-order chi connectivity index (χ1) is 22.2. The quantitative estimate of drug-likeness (QED) is 0.0982. The topological polar surface area (TPSA) is 43.0 Å². The van der Waals surface area contributed by atoms with Gasteiger partial charge in [0, 0.05) is 25.7 Å². The summed E-state index contributed by atoms with van der Waals surface area (Å²) in [4.78, 5) is 2.72. The second kappa shape index (κ2) is 23.9. The van der Waals surface area contributed by atoms with Gasteiger partial charge in [-0.25, -0.2) is 0 Å². The highest BCUT2D eigenvalue weighted by Crippen LogP contribution is 2.44. The molecule has 3 atom stereocenters. The van der Waals surface area contributed by atoms with E-state index in [0.717, 1.165) is 57.1 Å². The van der Waals surface area contributed by atoms with Crippen molar-refractivity contribution in [2.75, 3.05) is 47.0 Å². The lowest BCUT2D eigenvalue weighted by molar-refractivity contribution is -0.0601. The SMILES string of the molecule is CCCCCCCCCCCCCCCCCCNCCO[C@@H]1C[C@@H]2c3cc(OC)c(OC)cc3CCN2C[C@H]1CCCCC. The van der Waals surface area contributed by atoms with Gasteiger partial charge in [0.1, 0.15) is 0 Å². The number of unbranched alkanes of at least 4 members (excludes halogenated alkanes) is 17. The number of nitrogens with one attached hydrogen (secondary N) is 1. The van der Waals surface area contributed by atoms with Crippen molar-refractivity contribution in [3.8, 4) is 11.5 Å². The molecule has 0 spiro atoms. The van der Waals surface area contributed by atoms with Crippen LogP contribution in [0.5, 0.6) is 11.5 Å². The summed E-state index contributed by atoms with van der Waals surface area (Å²) < 4.78 is 18.0. The zero-order valence-electron chi connectivity index (χ0n) is 30.2. The molecule has 0 aliphatic carbocycles. The van der Waals surface area contributed by atoms with E-state index in [4.69, 9.17) is 14.2 Å². The summed E-state index contributed by atoms with van der Waals surface area (Å²) in [5.74, 6) is 2.33. The summed E-state index contributed by atoms with van der Waals surface area (Å²) >= 11 is 0. The first-order valence-electron chi connectivity index (χ1n) is 19.5. The third-order valence-corrected chi connectivity index (χ3v) is 10.6. The Labute approximate surface area is 278 Å². The molecular weight excluding hydrogens is 556 g/mol. The molecule has 2 aliphatic rings. The highest BCUT2D eigenvalue weighted by molar-refractivity contribution is 5.49. The summed E-state index contributed by atoms with van der Waals surface area (Å²) in [6, 6.07) is 4.86. The monoisotopic (exact) mass is 629 g/mol. The van der Waals surface area contributed by atoms with Crippen LogP contribution in [-0.4, -0.2) is 58.0 Å². The Morgan fingerprint density at radius 3 is 1.84 bits per heavy atom. The van der Waals surface area contributed by atoms with E-state index in [2.05, 4.69) is 36.2 Å². The molecule has 0 amide bonds. The molecule has 45 heavy (non-hydrogen) atoms. The predicted octanol–water partition coefficient (Wildman–Crippen LogP) is 10.4. The molecule has 5 heteroatoms. The van der Waals surface area contributed by atoms with Crippen molar-refractivity contribution < 1.29 is 14.2 Å². The average molecular weight is 629 g/mol. The van der Waals surface area contributed by atoms with Crippen molar-refractivity contribution in [1.82, 2.24) is 10.2 Å². The number of rotatable bonds is 27. The molecular formula is C40H72N2O3. The number of nitrogens with zero attached hydrogens (tertiary/aromatic N) is 1. The Bertz CT molecular complexity index is 877. The Morgan fingerprint density at radius 1 is 0.689 bits per heavy atom. The van der Waals surface area contributed by atoms with Crippen LogP contribution < -0.4 is 14.8 Å². The molecule has 260 valence electrons. The van der Waals surface area contributed by atoms with Crippen LogP contribution >= 0.6 is 0 Å². The summed E-state index contributed by atoms with van der Waals surface area (Å²) in [5, 5.41) is 3.68. The molecule has 1 aromatic carbocycles. The van der Waals surface area contributed by atoms with Crippen LogP contribution in [0, 0.1) is 5.92 Å². The van der Waals surface area contributed by atoms with Gasteiger partial charge >= 0.3 is 0 Å². The molecule has 1 fully saturated rings. The molecule has 0 radical (unpaired) electrons. The number of fused-ring (bicyclic) bond motifs is 3. The first-order valence-corrected chi connectivity index (χ1v) is 19.5. The number of ether oxygens (including phenoxy) is 3. The molecule has 2 heterocycles. The Hall–Kier alpha value is -1.30. The fourth-order valence-corrected chi connectivity index (χ4v) is 7.75. The highest BCUT2D eigenvalue weighted by atomic mass is 16.5. The lowest BCUT2D eigenvalue weighted by Crippen LogP contribution is -2.49. The van der Waals surface area contributed by atoms with Crippen molar-refractivity contribution in [1.29, 1.82) is 0 Å². The highest BCUT2D eigenvalue weighted by Gasteiger charge is 2.39. The average Bonchev–Trinajstić information content (AvgIpc) is 3.06. The molecule has 3 rings (SSSR count). The van der Waals surface area contributed by atoms with Gasteiger partial charge < -0.3 is 19.5 Å². The minimum absolute atomic E-state index is 0.333. The van der Waals surface area contributed by atoms with Crippen LogP contribution in [0.1, 0.15) is 166 Å². The molecule has 0 saturated carbocycles. The van der Waals surface area contributed by atoms with Gasteiger partial charge in [0.25, 0.3) is 0 Å². The van der Waals surface area contributed by atoms with Gasteiger partial charge in [-0.15, -0.1) is 0 Å². The summed E-state index contributed by atoms with van der Waals surface area (Å²) in [6.07, 6.45) is 30.5. The van der Waals surface area contributed by atoms with Crippen LogP contribution in [0.25, 0.3) is 0 Å². The van der Waals surface area contributed by atoms with E-state index >= 15 is 0 Å². The van der Waals surface area contributed by atoms with E-state index in [1.165, 1.54) is 140 Å². The maximum absolute atomic E-state index is 6.68. The van der Waals surface area contributed by atoms with Gasteiger partial charge in [-0.1, -0.05) is 129 Å². The standard InChI is InChI=1S/C40H72N2O3/c1-5-7-9-10-11-12-13-14-15-16-17-18-19-20-21-23-26-41-27-29-45-38-32-37-36-31-40(44-4)39(43-3)30-34(36)25-28-42(37)33-35(38)24-22-8-6-2/h30-31,35,37-38,41H,5-29,32-33H2,1-4H3/t35-,37-,38-/m1/s1. The molecule has 1 N–H and O–H groups in total. The normalized spacial score (nSPS) is 19.8. The number of hydrogen-bond acceptors (Lipinski definition) is 5. The van der Waals surface area contributed by atoms with Crippen LogP contribution in [0.4, 0.5) is 0 Å². The second-order valence-electron chi connectivity index (χ2n) is 14.1. The molecule has 5 nitrogen and oxygen atoms in total. The molecule has 0 aromatic heterocycles. The largest absolute Gasteiger partial charge is 0.493 e. The van der Waals surface area contributed by atoms with Crippen LogP contribution in [0.2, 0.25) is 0 Å². The van der Waals surface area contributed by atoms with Crippen molar-refractivity contribution in [3.63, 3.8) is 0 Å². The zero-order valence-corrected chi connectivity index (χ0v) is 30.2. The summed E-state index contributed by atoms with van der Waals surface area (Å²) in [5.41, 5.74) is 2.83. The van der Waals surface area contributed by atoms with E-state index in [1.807, 2.05) is 0 Å². The van der Waals surface area contributed by atoms with Gasteiger partial charge in [0.15, 0.2) is 11.5 Å². The second-order valence-corrected chi connectivity index (χ2v) is 14.1. The number of hydrogen-bond donors (Lipinski definition) is 1. The predicted molar refractivity (Wildman–Crippen MR) is 192 cm³/mol. The van der Waals surface area contributed by atoms with Crippen LogP contribution in [0.3, 0.4) is 0 Å². The van der Waals surface area contributed by atoms with E-state index in [0.29, 0.717) is 18.1 Å². The lowest BCUT2D eigenvalue weighted by Gasteiger charge is -2.47. The fourth-order valence-electron chi connectivity index (χ4n) is 7.75. The number of methoxy groups -OCH3 is 2. The molecule has 0 bridgehead atoms. The molecule has 0 unspecified atom stereocenters. The maximum Gasteiger partial charge on any atom is 0.161 e. The molecule has 1 aromatic rings. The smallest absolute Gasteiger partial charge is 0.161 e. The van der Waals surface area contributed by atoms with E-state index < -0.39 is 0 Å². The van der Waals surface area contributed by atoms with Gasteiger partial charge in [-0.2, -0.15) is 0 Å². The third kappa shape index (κ3) is 14.2. The summed E-state index contributed by atoms with van der Waals surface area (Å²) in [6.45, 7) is 9.79. The van der Waals surface area contributed by atoms with E-state index in [1.54, 1.807) is 14.2 Å².